The number of ketones is 1. The Kier molecular flexibility index (Phi) is 6.23. The third-order valence-electron chi connectivity index (χ3n) is 4.07. The largest absolute Gasteiger partial charge is 0.370 e. The number of Topliss-reactive ketones (excluding diaryl/α,β-unsaturated/α-hetero) is 1. The first-order chi connectivity index (χ1) is 13.8. The van der Waals surface area contributed by atoms with E-state index in [1.807, 2.05) is 6.92 Å². The number of carbonyl (C=O) groups is 2. The van der Waals surface area contributed by atoms with Gasteiger partial charge in [0.1, 0.15) is 0 Å². The monoisotopic (exact) mass is 478 g/mol. The second-order valence-electron chi connectivity index (χ2n) is 6.09. The molecule has 0 saturated carbocycles. The first-order valence-electron chi connectivity index (χ1n) is 8.43. The standard InChI is InChI=1S/C19H16BrFN4O3S/c1-10-3-5-11(6-4-10)18(27)24-17(15(26)13-7-8-14(20)29-13)25-9-12(21)16(22-2)23-19(25)28/h3-9,17H,1-2H3,(H,24,27)(H,22,23,28). The Balaban J connectivity index is 2.03. The Morgan fingerprint density at radius 2 is 1.90 bits per heavy atom. The van der Waals surface area contributed by atoms with E-state index in [-0.39, 0.29) is 10.7 Å². The topological polar surface area (TPSA) is 93.1 Å². The molecule has 0 fully saturated rings. The van der Waals surface area contributed by atoms with Gasteiger partial charge in [-0.3, -0.25) is 14.2 Å². The van der Waals surface area contributed by atoms with Gasteiger partial charge < -0.3 is 10.6 Å². The fraction of sp³-hybridized carbons (Fsp3) is 0.158. The molecule has 3 aromatic rings. The van der Waals surface area contributed by atoms with Gasteiger partial charge in [0.25, 0.3) is 5.91 Å². The molecule has 1 unspecified atom stereocenters. The van der Waals surface area contributed by atoms with Crippen molar-refractivity contribution in [1.82, 2.24) is 14.9 Å². The highest BCUT2D eigenvalue weighted by Crippen LogP contribution is 2.25. The normalized spacial score (nSPS) is 11.7. The van der Waals surface area contributed by atoms with Crippen molar-refractivity contribution >= 4 is 44.8 Å². The molecular formula is C19H16BrFN4O3S. The molecule has 0 spiro atoms. The van der Waals surface area contributed by atoms with Gasteiger partial charge in [-0.2, -0.15) is 4.98 Å². The highest BCUT2D eigenvalue weighted by molar-refractivity contribution is 9.11. The zero-order valence-electron chi connectivity index (χ0n) is 15.4. The third kappa shape index (κ3) is 4.60. The van der Waals surface area contributed by atoms with Crippen molar-refractivity contribution in [2.45, 2.75) is 13.1 Å². The lowest BCUT2D eigenvalue weighted by atomic mass is 10.1. The molecule has 0 radical (unpaired) electrons. The van der Waals surface area contributed by atoms with Crippen LogP contribution in [0.2, 0.25) is 0 Å². The average molecular weight is 479 g/mol. The van der Waals surface area contributed by atoms with Crippen LogP contribution in [0, 0.1) is 12.7 Å². The molecule has 2 N–H and O–H groups in total. The van der Waals surface area contributed by atoms with Crippen LogP contribution in [0.5, 0.6) is 0 Å². The van der Waals surface area contributed by atoms with Crippen molar-refractivity contribution in [2.24, 2.45) is 0 Å². The van der Waals surface area contributed by atoms with E-state index in [0.29, 0.717) is 9.35 Å². The van der Waals surface area contributed by atoms with Crippen LogP contribution in [0.1, 0.15) is 31.8 Å². The fourth-order valence-corrected chi connectivity index (χ4v) is 3.91. The molecule has 1 atom stereocenters. The summed E-state index contributed by atoms with van der Waals surface area (Å²) in [4.78, 5) is 42.1. The minimum absolute atomic E-state index is 0.249. The summed E-state index contributed by atoms with van der Waals surface area (Å²) in [7, 11) is 1.42. The lowest BCUT2D eigenvalue weighted by molar-refractivity contribution is 0.0814. The summed E-state index contributed by atoms with van der Waals surface area (Å²) in [6.07, 6.45) is -0.614. The zero-order chi connectivity index (χ0) is 21.1. The van der Waals surface area contributed by atoms with Gasteiger partial charge >= 0.3 is 5.69 Å². The summed E-state index contributed by atoms with van der Waals surface area (Å²) in [5, 5.41) is 4.98. The van der Waals surface area contributed by atoms with Crippen LogP contribution < -0.4 is 16.3 Å². The molecule has 0 bridgehead atoms. The van der Waals surface area contributed by atoms with E-state index in [2.05, 4.69) is 31.5 Å². The van der Waals surface area contributed by atoms with Gasteiger partial charge in [-0.05, 0) is 47.1 Å². The number of hydrogen-bond acceptors (Lipinski definition) is 6. The number of thiophene rings is 1. The molecular weight excluding hydrogens is 463 g/mol. The highest BCUT2D eigenvalue weighted by atomic mass is 79.9. The van der Waals surface area contributed by atoms with Crippen molar-refractivity contribution in [3.8, 4) is 0 Å². The Hall–Kier alpha value is -2.85. The van der Waals surface area contributed by atoms with Crippen LogP contribution in [0.4, 0.5) is 10.2 Å². The number of hydrogen-bond donors (Lipinski definition) is 2. The number of benzene rings is 1. The smallest absolute Gasteiger partial charge is 0.351 e. The maximum absolute atomic E-state index is 14.3. The lowest BCUT2D eigenvalue weighted by Gasteiger charge is -2.20. The van der Waals surface area contributed by atoms with Crippen molar-refractivity contribution in [1.29, 1.82) is 0 Å². The molecule has 10 heteroatoms. The van der Waals surface area contributed by atoms with Crippen LogP contribution in [0.3, 0.4) is 0 Å². The predicted molar refractivity (Wildman–Crippen MR) is 112 cm³/mol. The Morgan fingerprint density at radius 1 is 1.21 bits per heavy atom. The quantitative estimate of drug-likeness (QED) is 0.529. The van der Waals surface area contributed by atoms with Crippen LogP contribution in [-0.4, -0.2) is 28.3 Å². The summed E-state index contributed by atoms with van der Waals surface area (Å²) in [5.74, 6) is -2.23. The number of nitrogens with one attached hydrogen (secondary N) is 2. The second kappa shape index (κ2) is 8.66. The third-order valence-corrected chi connectivity index (χ3v) is 5.71. The van der Waals surface area contributed by atoms with Gasteiger partial charge in [-0.15, -0.1) is 11.3 Å². The number of aryl methyl sites for hydroxylation is 1. The molecule has 0 aliphatic heterocycles. The summed E-state index contributed by atoms with van der Waals surface area (Å²) in [5.41, 5.74) is 0.380. The maximum atomic E-state index is 14.3. The van der Waals surface area contributed by atoms with Crippen LogP contribution >= 0.6 is 27.3 Å². The molecule has 7 nitrogen and oxygen atoms in total. The number of anilines is 1. The molecule has 3 rings (SSSR count). The number of halogens is 2. The predicted octanol–water partition coefficient (Wildman–Crippen LogP) is 3.37. The molecule has 1 aromatic carbocycles. The first-order valence-corrected chi connectivity index (χ1v) is 10.0. The number of rotatable bonds is 6. The summed E-state index contributed by atoms with van der Waals surface area (Å²) >= 11 is 4.41. The average Bonchev–Trinajstić information content (AvgIpc) is 3.14. The highest BCUT2D eigenvalue weighted by Gasteiger charge is 2.28. The van der Waals surface area contributed by atoms with E-state index in [1.54, 1.807) is 36.4 Å². The SMILES string of the molecule is CNc1nc(=O)n(C(NC(=O)c2ccc(C)cc2)C(=O)c2ccc(Br)s2)cc1F. The number of nitrogens with zero attached hydrogens (tertiary/aromatic N) is 2. The van der Waals surface area contributed by atoms with Crippen LogP contribution in [0.25, 0.3) is 0 Å². The second-order valence-corrected chi connectivity index (χ2v) is 8.55. The summed E-state index contributed by atoms with van der Waals surface area (Å²) in [6.45, 7) is 1.87. The summed E-state index contributed by atoms with van der Waals surface area (Å²) in [6, 6.07) is 9.91. The lowest BCUT2D eigenvalue weighted by Crippen LogP contribution is -2.43. The molecule has 2 heterocycles. The van der Waals surface area contributed by atoms with Crippen molar-refractivity contribution < 1.29 is 14.0 Å². The molecule has 0 aliphatic carbocycles. The van der Waals surface area contributed by atoms with E-state index in [1.165, 1.54) is 7.05 Å². The maximum Gasteiger partial charge on any atom is 0.351 e. The molecule has 150 valence electrons. The zero-order valence-corrected chi connectivity index (χ0v) is 17.8. The molecule has 2 aromatic heterocycles. The molecule has 29 heavy (non-hydrogen) atoms. The van der Waals surface area contributed by atoms with Crippen LogP contribution in [0.15, 0.2) is 51.2 Å². The minimum atomic E-state index is -1.46. The van der Waals surface area contributed by atoms with Crippen molar-refractivity contribution in [3.05, 3.63) is 78.7 Å². The Morgan fingerprint density at radius 3 is 2.48 bits per heavy atom. The fourth-order valence-electron chi connectivity index (χ4n) is 2.56. The Labute approximate surface area is 177 Å². The molecule has 0 saturated heterocycles. The van der Waals surface area contributed by atoms with Crippen LogP contribution in [-0.2, 0) is 0 Å². The number of aromatic nitrogens is 2. The molecule has 1 amide bonds. The van der Waals surface area contributed by atoms with E-state index in [4.69, 9.17) is 0 Å². The van der Waals surface area contributed by atoms with E-state index in [0.717, 1.165) is 27.7 Å². The van der Waals surface area contributed by atoms with Crippen molar-refractivity contribution in [3.63, 3.8) is 0 Å². The van der Waals surface area contributed by atoms with E-state index in [9.17, 15) is 18.8 Å². The minimum Gasteiger partial charge on any atom is -0.370 e. The van der Waals surface area contributed by atoms with E-state index >= 15 is 0 Å². The number of amides is 1. The Bertz CT molecular complexity index is 1130. The van der Waals surface area contributed by atoms with E-state index < -0.39 is 29.4 Å². The summed E-state index contributed by atoms with van der Waals surface area (Å²) < 4.78 is 15.7. The van der Waals surface area contributed by atoms with Gasteiger partial charge in [0.05, 0.1) is 14.9 Å². The van der Waals surface area contributed by atoms with Gasteiger partial charge in [-0.25, -0.2) is 9.18 Å². The molecule has 0 aliphatic rings. The first kappa shape index (κ1) is 20.9. The van der Waals surface area contributed by atoms with Gasteiger partial charge in [0.2, 0.25) is 5.78 Å². The van der Waals surface area contributed by atoms with Gasteiger partial charge in [0.15, 0.2) is 17.8 Å². The van der Waals surface area contributed by atoms with Crippen molar-refractivity contribution in [2.75, 3.05) is 12.4 Å². The van der Waals surface area contributed by atoms with Gasteiger partial charge in [0, 0.05) is 12.6 Å². The number of carbonyl (C=O) groups excluding carboxylic acids is 2. The van der Waals surface area contributed by atoms with Gasteiger partial charge in [-0.1, -0.05) is 17.7 Å².